The van der Waals surface area contributed by atoms with Crippen LogP contribution in [0.1, 0.15) is 17.4 Å². The molecular weight excluding hydrogens is 185 g/mol. The van der Waals surface area contributed by atoms with E-state index < -0.39 is 12.2 Å². The molecule has 0 saturated carbocycles. The van der Waals surface area contributed by atoms with Crippen molar-refractivity contribution < 1.29 is 17.6 Å². The topological polar surface area (TPSA) is 63.0 Å². The van der Waals surface area contributed by atoms with Crippen molar-refractivity contribution >= 4 is 0 Å². The molecule has 1 aromatic heterocycles. The van der Waals surface area contributed by atoms with Crippen molar-refractivity contribution in [3.63, 3.8) is 0 Å². The van der Waals surface area contributed by atoms with E-state index in [-0.39, 0.29) is 11.3 Å². The lowest BCUT2D eigenvalue weighted by Gasteiger charge is -2.12. The molecule has 0 saturated heterocycles. The van der Waals surface area contributed by atoms with Crippen molar-refractivity contribution in [1.82, 2.24) is 0 Å². The number of hydrogen-bond donors (Lipinski definition) is 1. The molecule has 1 atom stereocenters. The molecule has 1 aromatic rings. The van der Waals surface area contributed by atoms with E-state index in [1.54, 1.807) is 6.07 Å². The number of furan rings is 1. The molecule has 13 heavy (non-hydrogen) atoms. The van der Waals surface area contributed by atoms with Gasteiger partial charge in [0.1, 0.15) is 12.1 Å². The molecular formula is C7H5F3N2O. The van der Waals surface area contributed by atoms with E-state index in [1.807, 2.05) is 0 Å². The molecule has 0 aliphatic rings. The van der Waals surface area contributed by atoms with Crippen molar-refractivity contribution in [1.29, 1.82) is 5.26 Å². The smallest absolute Gasteiger partial charge is 0.407 e. The first-order chi connectivity index (χ1) is 5.95. The summed E-state index contributed by atoms with van der Waals surface area (Å²) in [6.07, 6.45) is -3.69. The normalized spacial score (nSPS) is 13.8. The molecule has 0 aliphatic heterocycles. The fourth-order valence-corrected chi connectivity index (χ4v) is 0.762. The maximum atomic E-state index is 12.0. The Morgan fingerprint density at radius 3 is 2.54 bits per heavy atom. The average Bonchev–Trinajstić information content (AvgIpc) is 2.48. The van der Waals surface area contributed by atoms with Crippen LogP contribution in [-0.4, -0.2) is 6.18 Å². The van der Waals surface area contributed by atoms with Crippen LogP contribution in [0.15, 0.2) is 16.7 Å². The van der Waals surface area contributed by atoms with Crippen LogP contribution in [0.25, 0.3) is 0 Å². The van der Waals surface area contributed by atoms with Gasteiger partial charge in [-0.1, -0.05) is 0 Å². The Morgan fingerprint density at radius 2 is 2.15 bits per heavy atom. The van der Waals surface area contributed by atoms with E-state index in [2.05, 4.69) is 4.42 Å². The lowest BCUT2D eigenvalue weighted by molar-refractivity contribution is -0.149. The highest BCUT2D eigenvalue weighted by Gasteiger charge is 2.38. The quantitative estimate of drug-likeness (QED) is 0.733. The predicted octanol–water partition coefficient (Wildman–Crippen LogP) is 1.71. The molecule has 0 bridgehead atoms. The average molecular weight is 190 g/mol. The summed E-state index contributed by atoms with van der Waals surface area (Å²) in [6, 6.07) is 0.436. The molecule has 3 nitrogen and oxygen atoms in total. The van der Waals surface area contributed by atoms with Gasteiger partial charge in [0.25, 0.3) is 0 Å². The zero-order valence-corrected chi connectivity index (χ0v) is 6.30. The lowest BCUT2D eigenvalue weighted by Crippen LogP contribution is -2.27. The fraction of sp³-hybridized carbons (Fsp3) is 0.286. The first-order valence-corrected chi connectivity index (χ1v) is 3.26. The van der Waals surface area contributed by atoms with Gasteiger partial charge in [-0.2, -0.15) is 18.4 Å². The summed E-state index contributed by atoms with van der Waals surface area (Å²) in [5.74, 6) is -0.185. The number of nitrogens with two attached hydrogens (primary N) is 1. The van der Waals surface area contributed by atoms with Crippen molar-refractivity contribution in [3.8, 4) is 6.07 Å². The number of rotatable bonds is 1. The second-order valence-corrected chi connectivity index (χ2v) is 2.38. The molecule has 1 unspecified atom stereocenters. The van der Waals surface area contributed by atoms with Crippen molar-refractivity contribution in [2.24, 2.45) is 5.73 Å². The summed E-state index contributed by atoms with van der Waals surface area (Å²) in [5.41, 5.74) is 4.60. The molecule has 1 rings (SSSR count). The summed E-state index contributed by atoms with van der Waals surface area (Å²) >= 11 is 0. The van der Waals surface area contributed by atoms with Crippen LogP contribution in [0.4, 0.5) is 13.2 Å². The Morgan fingerprint density at radius 1 is 1.54 bits per heavy atom. The van der Waals surface area contributed by atoms with Gasteiger partial charge in [0.2, 0.25) is 5.76 Å². The van der Waals surface area contributed by atoms with Gasteiger partial charge < -0.3 is 10.2 Å². The van der Waals surface area contributed by atoms with Gasteiger partial charge in [0.05, 0.1) is 6.26 Å². The third-order valence-electron chi connectivity index (χ3n) is 1.44. The summed E-state index contributed by atoms with van der Waals surface area (Å²) in [5, 5.41) is 8.27. The highest BCUT2D eigenvalue weighted by molar-refractivity contribution is 5.25. The van der Waals surface area contributed by atoms with Gasteiger partial charge in [-0.05, 0) is 6.07 Å². The number of nitriles is 1. The first-order valence-electron chi connectivity index (χ1n) is 3.26. The van der Waals surface area contributed by atoms with E-state index >= 15 is 0 Å². The van der Waals surface area contributed by atoms with E-state index in [9.17, 15) is 13.2 Å². The Balaban J connectivity index is 2.91. The van der Waals surface area contributed by atoms with Crippen LogP contribution in [0.5, 0.6) is 0 Å². The number of halogens is 3. The second-order valence-electron chi connectivity index (χ2n) is 2.38. The Labute approximate surface area is 71.5 Å². The molecule has 0 aromatic carbocycles. The lowest BCUT2D eigenvalue weighted by atomic mass is 10.1. The Bertz CT molecular complexity index is 336. The van der Waals surface area contributed by atoms with Crippen LogP contribution >= 0.6 is 0 Å². The van der Waals surface area contributed by atoms with Crippen molar-refractivity contribution in [2.45, 2.75) is 12.2 Å². The van der Waals surface area contributed by atoms with E-state index in [0.29, 0.717) is 0 Å². The summed E-state index contributed by atoms with van der Waals surface area (Å²) in [4.78, 5) is 0. The molecule has 6 heteroatoms. The van der Waals surface area contributed by atoms with Gasteiger partial charge in [0.15, 0.2) is 0 Å². The maximum Gasteiger partial charge on any atom is 0.407 e. The van der Waals surface area contributed by atoms with E-state index in [1.165, 1.54) is 0 Å². The van der Waals surface area contributed by atoms with Crippen LogP contribution in [0.3, 0.4) is 0 Å². The molecule has 0 amide bonds. The minimum absolute atomic E-state index is 0.185. The largest absolute Gasteiger partial charge is 0.454 e. The summed E-state index contributed by atoms with van der Waals surface area (Å²) in [7, 11) is 0. The number of alkyl halides is 3. The molecule has 0 radical (unpaired) electrons. The molecule has 2 N–H and O–H groups in total. The molecule has 70 valence electrons. The molecule has 1 heterocycles. The van der Waals surface area contributed by atoms with Gasteiger partial charge in [-0.15, -0.1) is 0 Å². The zero-order chi connectivity index (χ0) is 10.1. The monoisotopic (exact) mass is 190 g/mol. The van der Waals surface area contributed by atoms with E-state index in [4.69, 9.17) is 11.0 Å². The zero-order valence-electron chi connectivity index (χ0n) is 6.30. The molecule has 0 aliphatic carbocycles. The van der Waals surface area contributed by atoms with Gasteiger partial charge in [-0.25, -0.2) is 0 Å². The van der Waals surface area contributed by atoms with Crippen LogP contribution in [-0.2, 0) is 0 Å². The van der Waals surface area contributed by atoms with Crippen molar-refractivity contribution in [3.05, 3.63) is 23.7 Å². The number of nitrogens with zero attached hydrogens (tertiary/aromatic N) is 1. The predicted molar refractivity (Wildman–Crippen MR) is 36.4 cm³/mol. The van der Waals surface area contributed by atoms with Crippen LogP contribution in [0.2, 0.25) is 0 Å². The van der Waals surface area contributed by atoms with Crippen molar-refractivity contribution in [2.75, 3.05) is 0 Å². The second kappa shape index (κ2) is 3.11. The summed E-state index contributed by atoms with van der Waals surface area (Å²) in [6.45, 7) is 0. The van der Waals surface area contributed by atoms with E-state index in [0.717, 1.165) is 12.3 Å². The van der Waals surface area contributed by atoms with Gasteiger partial charge >= 0.3 is 6.18 Å². The standard InChI is InChI=1S/C7H5F3N2O/c8-7(9,10)6(12)4-1-5(2-11)13-3-4/h1,3,6H,12H2. The third kappa shape index (κ3) is 2.00. The van der Waals surface area contributed by atoms with Crippen LogP contribution < -0.4 is 5.73 Å². The Kier molecular flexibility index (Phi) is 2.30. The van der Waals surface area contributed by atoms with Gasteiger partial charge in [0, 0.05) is 5.56 Å². The van der Waals surface area contributed by atoms with Crippen LogP contribution in [0, 0.1) is 11.3 Å². The molecule has 0 fully saturated rings. The third-order valence-corrected chi connectivity index (χ3v) is 1.44. The SMILES string of the molecule is N#Cc1cc(C(N)C(F)(F)F)co1. The fourth-order valence-electron chi connectivity index (χ4n) is 0.762. The first kappa shape index (κ1) is 9.61. The Hall–Kier alpha value is -1.48. The highest BCUT2D eigenvalue weighted by Crippen LogP contribution is 2.31. The van der Waals surface area contributed by atoms with Gasteiger partial charge in [-0.3, -0.25) is 0 Å². The minimum atomic E-state index is -4.52. The minimum Gasteiger partial charge on any atom is -0.454 e. The maximum absolute atomic E-state index is 12.0. The molecule has 0 spiro atoms. The number of hydrogen-bond acceptors (Lipinski definition) is 3. The highest BCUT2D eigenvalue weighted by atomic mass is 19.4. The summed E-state index contributed by atoms with van der Waals surface area (Å²) < 4.78 is 40.5.